The molecule has 4 fully saturated rings. The number of ether oxygens (including phenoxy) is 2. The van der Waals surface area contributed by atoms with Crippen LogP contribution in [0.2, 0.25) is 0 Å². The summed E-state index contributed by atoms with van der Waals surface area (Å²) in [5.74, 6) is 0.504. The third-order valence-electron chi connectivity index (χ3n) is 6.36. The Bertz CT molecular complexity index is 736. The Kier molecular flexibility index (Phi) is 4.55. The van der Waals surface area contributed by atoms with E-state index in [1.165, 1.54) is 0 Å². The van der Waals surface area contributed by atoms with Crippen LogP contribution in [0.15, 0.2) is 30.3 Å². The topological polar surface area (TPSA) is 67.9 Å². The zero-order chi connectivity index (χ0) is 20.0. The number of benzene rings is 1. The first-order chi connectivity index (χ1) is 13.2. The second kappa shape index (κ2) is 6.68. The summed E-state index contributed by atoms with van der Waals surface area (Å²) >= 11 is 0. The summed E-state index contributed by atoms with van der Waals surface area (Å²) in [6, 6.07) is 9.70. The van der Waals surface area contributed by atoms with Gasteiger partial charge in [0.15, 0.2) is 0 Å². The lowest BCUT2D eigenvalue weighted by molar-refractivity contribution is -0.183. The molecule has 1 unspecified atom stereocenters. The van der Waals surface area contributed by atoms with Crippen LogP contribution < -0.4 is 5.32 Å². The maximum absolute atomic E-state index is 12.3. The van der Waals surface area contributed by atoms with Gasteiger partial charge in [0, 0.05) is 18.6 Å². The van der Waals surface area contributed by atoms with Gasteiger partial charge in [-0.2, -0.15) is 0 Å². The molecule has 1 atom stereocenters. The van der Waals surface area contributed by atoms with E-state index in [1.807, 2.05) is 56.0 Å². The largest absolute Gasteiger partial charge is 0.445 e. The van der Waals surface area contributed by atoms with Crippen LogP contribution in [0.25, 0.3) is 0 Å². The van der Waals surface area contributed by atoms with Gasteiger partial charge in [0.25, 0.3) is 0 Å². The van der Waals surface area contributed by atoms with E-state index in [0.29, 0.717) is 12.5 Å². The van der Waals surface area contributed by atoms with Gasteiger partial charge in [-0.1, -0.05) is 30.3 Å². The van der Waals surface area contributed by atoms with Crippen LogP contribution in [0.3, 0.4) is 0 Å². The summed E-state index contributed by atoms with van der Waals surface area (Å²) in [6.45, 7) is 7.51. The van der Waals surface area contributed by atoms with Crippen LogP contribution in [-0.2, 0) is 16.1 Å². The number of likely N-dealkylation sites (tertiary alicyclic amines) is 1. The van der Waals surface area contributed by atoms with Crippen LogP contribution in [0.1, 0.15) is 52.0 Å². The Hall–Kier alpha value is -2.24. The van der Waals surface area contributed by atoms with Crippen LogP contribution in [0, 0.1) is 11.3 Å². The molecule has 0 aromatic heterocycles. The van der Waals surface area contributed by atoms with Gasteiger partial charge in [0.2, 0.25) is 0 Å². The number of rotatable bonds is 4. The minimum absolute atomic E-state index is 0.0902. The van der Waals surface area contributed by atoms with Gasteiger partial charge in [-0.05, 0) is 63.4 Å². The Labute approximate surface area is 166 Å². The highest BCUT2D eigenvalue weighted by Gasteiger charge is 2.71. The summed E-state index contributed by atoms with van der Waals surface area (Å²) in [5.41, 5.74) is 0.718. The first-order valence-electron chi connectivity index (χ1n) is 10.2. The Morgan fingerprint density at radius 1 is 1.18 bits per heavy atom. The number of nitrogens with one attached hydrogen (secondary N) is 1. The molecule has 1 heterocycles. The van der Waals surface area contributed by atoms with Gasteiger partial charge < -0.3 is 19.7 Å². The summed E-state index contributed by atoms with van der Waals surface area (Å²) in [5, 5.41) is 3.08. The molecule has 1 saturated heterocycles. The zero-order valence-electron chi connectivity index (χ0n) is 17.0. The third kappa shape index (κ3) is 3.69. The van der Waals surface area contributed by atoms with Gasteiger partial charge in [-0.15, -0.1) is 0 Å². The van der Waals surface area contributed by atoms with Crippen LogP contribution >= 0.6 is 0 Å². The third-order valence-corrected chi connectivity index (χ3v) is 6.36. The van der Waals surface area contributed by atoms with E-state index in [9.17, 15) is 9.59 Å². The molecule has 3 saturated carbocycles. The quantitative estimate of drug-likeness (QED) is 0.846. The number of alkyl carbamates (subject to hydrolysis) is 1. The molecule has 3 aliphatic carbocycles. The monoisotopic (exact) mass is 386 g/mol. The highest BCUT2D eigenvalue weighted by molar-refractivity contribution is 5.70. The van der Waals surface area contributed by atoms with Crippen molar-refractivity contribution in [1.82, 2.24) is 10.2 Å². The molecule has 6 nitrogen and oxygen atoms in total. The lowest BCUT2D eigenvalue weighted by Gasteiger charge is -2.72. The summed E-state index contributed by atoms with van der Waals surface area (Å²) in [6.07, 6.45) is 3.46. The summed E-state index contributed by atoms with van der Waals surface area (Å²) in [7, 11) is 0. The molecule has 152 valence electrons. The van der Waals surface area contributed by atoms with E-state index in [4.69, 9.17) is 9.47 Å². The normalized spacial score (nSPS) is 30.8. The van der Waals surface area contributed by atoms with Crippen LogP contribution in [0.4, 0.5) is 9.59 Å². The molecule has 2 amide bonds. The Balaban J connectivity index is 1.21. The summed E-state index contributed by atoms with van der Waals surface area (Å²) < 4.78 is 10.9. The van der Waals surface area contributed by atoms with Gasteiger partial charge in [0.1, 0.15) is 12.2 Å². The summed E-state index contributed by atoms with van der Waals surface area (Å²) in [4.78, 5) is 26.3. The van der Waals surface area contributed by atoms with E-state index in [2.05, 4.69) is 5.32 Å². The van der Waals surface area contributed by atoms with E-state index in [0.717, 1.165) is 44.3 Å². The van der Waals surface area contributed by atoms with Gasteiger partial charge in [-0.3, -0.25) is 0 Å². The average Bonchev–Trinajstić information content (AvgIpc) is 3.04. The Morgan fingerprint density at radius 3 is 2.50 bits per heavy atom. The van der Waals surface area contributed by atoms with E-state index in [-0.39, 0.29) is 23.1 Å². The fourth-order valence-electron chi connectivity index (χ4n) is 5.16. The van der Waals surface area contributed by atoms with Crippen LogP contribution in [-0.4, -0.2) is 41.3 Å². The minimum atomic E-state index is -0.459. The molecule has 1 N–H and O–H groups in total. The lowest BCUT2D eigenvalue weighted by atomic mass is 9.35. The van der Waals surface area contributed by atoms with Crippen molar-refractivity contribution in [1.29, 1.82) is 0 Å². The predicted molar refractivity (Wildman–Crippen MR) is 105 cm³/mol. The molecular formula is C22H30N2O4. The zero-order valence-corrected chi connectivity index (χ0v) is 17.0. The molecule has 5 rings (SSSR count). The second-order valence-corrected chi connectivity index (χ2v) is 9.77. The molecule has 1 aromatic carbocycles. The molecule has 4 aliphatic rings. The minimum Gasteiger partial charge on any atom is -0.445 e. The second-order valence-electron chi connectivity index (χ2n) is 9.77. The molecule has 0 radical (unpaired) electrons. The Morgan fingerprint density at radius 2 is 1.86 bits per heavy atom. The maximum Gasteiger partial charge on any atom is 0.410 e. The van der Waals surface area contributed by atoms with Crippen molar-refractivity contribution in [3.05, 3.63) is 35.9 Å². The number of hydrogen-bond donors (Lipinski definition) is 1. The molecular weight excluding hydrogens is 356 g/mol. The van der Waals surface area contributed by atoms with Crippen molar-refractivity contribution in [2.45, 2.75) is 64.2 Å². The number of hydrogen-bond acceptors (Lipinski definition) is 4. The van der Waals surface area contributed by atoms with Crippen molar-refractivity contribution in [3.8, 4) is 0 Å². The molecule has 0 spiro atoms. The highest BCUT2D eigenvalue weighted by atomic mass is 16.6. The molecule has 1 aliphatic heterocycles. The van der Waals surface area contributed by atoms with Crippen molar-refractivity contribution in [2.75, 3.05) is 13.1 Å². The average molecular weight is 386 g/mol. The van der Waals surface area contributed by atoms with E-state index in [1.54, 1.807) is 0 Å². The molecule has 2 bridgehead atoms. The molecule has 6 heteroatoms. The van der Waals surface area contributed by atoms with Gasteiger partial charge >= 0.3 is 12.2 Å². The number of amides is 2. The molecule has 1 aromatic rings. The van der Waals surface area contributed by atoms with Crippen molar-refractivity contribution in [2.24, 2.45) is 11.3 Å². The van der Waals surface area contributed by atoms with Crippen molar-refractivity contribution in [3.63, 3.8) is 0 Å². The first-order valence-corrected chi connectivity index (χ1v) is 10.2. The standard InChI is InChI=1S/C22H30N2O4/c1-20(2,3)28-19(26)24-10-9-17(11-24)21-13-22(14-21,15-21)23-18(25)27-12-16-7-5-4-6-8-16/h4-8,17H,9-15H2,1-3H3,(H,23,25). The highest BCUT2D eigenvalue weighted by Crippen LogP contribution is 2.71. The molecule has 28 heavy (non-hydrogen) atoms. The van der Waals surface area contributed by atoms with Crippen molar-refractivity contribution >= 4 is 12.2 Å². The lowest BCUT2D eigenvalue weighted by Crippen LogP contribution is -2.76. The van der Waals surface area contributed by atoms with Gasteiger partial charge in [0.05, 0.1) is 0 Å². The van der Waals surface area contributed by atoms with Crippen LogP contribution in [0.5, 0.6) is 0 Å². The number of nitrogens with zero attached hydrogens (tertiary/aromatic N) is 1. The number of carbonyl (C=O) groups is 2. The number of carbonyl (C=O) groups excluding carboxylic acids is 2. The fraction of sp³-hybridized carbons (Fsp3) is 0.636. The maximum atomic E-state index is 12.3. The predicted octanol–water partition coefficient (Wildman–Crippen LogP) is 4.09. The van der Waals surface area contributed by atoms with Crippen molar-refractivity contribution < 1.29 is 19.1 Å². The van der Waals surface area contributed by atoms with E-state index < -0.39 is 5.60 Å². The SMILES string of the molecule is CC(C)(C)OC(=O)N1CCC(C23CC(NC(=O)OCc4ccccc4)(C2)C3)C1. The first kappa shape index (κ1) is 19.1. The smallest absolute Gasteiger partial charge is 0.410 e. The van der Waals surface area contributed by atoms with E-state index >= 15 is 0 Å². The fourth-order valence-corrected chi connectivity index (χ4v) is 5.16. The van der Waals surface area contributed by atoms with Gasteiger partial charge in [-0.25, -0.2) is 9.59 Å².